The Morgan fingerprint density at radius 3 is 2.42 bits per heavy atom. The van der Waals surface area contributed by atoms with Crippen LogP contribution in [-0.4, -0.2) is 11.8 Å². The van der Waals surface area contributed by atoms with Crippen LogP contribution in [0.2, 0.25) is 0 Å². The van der Waals surface area contributed by atoms with Crippen LogP contribution in [0.15, 0.2) is 15.9 Å². The van der Waals surface area contributed by atoms with E-state index in [-0.39, 0.29) is 0 Å². The van der Waals surface area contributed by atoms with Gasteiger partial charge in [-0.15, -0.1) is 34.5 Å². The first-order valence-corrected chi connectivity index (χ1v) is 6.30. The summed E-state index contributed by atoms with van der Waals surface area (Å²) in [6, 6.07) is 4.17. The second-order valence-corrected chi connectivity index (χ2v) is 5.75. The van der Waals surface area contributed by atoms with Gasteiger partial charge < -0.3 is 0 Å². The maximum absolute atomic E-state index is 5.73. The van der Waals surface area contributed by atoms with Gasteiger partial charge in [-0.1, -0.05) is 0 Å². The Kier molecular flexibility index (Phi) is 4.95. The average Bonchev–Trinajstić information content (AvgIpc) is 2.47. The summed E-state index contributed by atoms with van der Waals surface area (Å²) in [7, 11) is 0. The number of hydrogen-bond donors (Lipinski definition) is 0. The molecule has 0 radical (unpaired) electrons. The lowest BCUT2D eigenvalue weighted by molar-refractivity contribution is 0.669. The summed E-state index contributed by atoms with van der Waals surface area (Å²) < 4.78 is 1.17. The third-order valence-corrected chi connectivity index (χ3v) is 4.07. The zero-order chi connectivity index (χ0) is 8.97. The molecular weight excluding hydrogens is 279 g/mol. The molecule has 4 heteroatoms. The summed E-state index contributed by atoms with van der Waals surface area (Å²) >= 11 is 16.6. The summed E-state index contributed by atoms with van der Waals surface area (Å²) in [5.41, 5.74) is 0. The van der Waals surface area contributed by atoms with Gasteiger partial charge >= 0.3 is 0 Å². The highest BCUT2D eigenvalue weighted by Crippen LogP contribution is 2.24. The van der Waals surface area contributed by atoms with Gasteiger partial charge in [-0.25, -0.2) is 0 Å². The highest BCUT2D eigenvalue weighted by atomic mass is 79.9. The highest BCUT2D eigenvalue weighted by Gasteiger charge is 2.08. The Hall–Kier alpha value is 0.760. The number of halogens is 3. The lowest BCUT2D eigenvalue weighted by Crippen LogP contribution is -2.06. The van der Waals surface area contributed by atoms with Crippen molar-refractivity contribution in [3.63, 3.8) is 0 Å². The van der Waals surface area contributed by atoms with Gasteiger partial charge in [0.25, 0.3) is 0 Å². The minimum absolute atomic E-state index is 0.402. The summed E-state index contributed by atoms with van der Waals surface area (Å²) in [6.07, 6.45) is 0.989. The van der Waals surface area contributed by atoms with E-state index < -0.39 is 0 Å². The second-order valence-electron chi connectivity index (χ2n) is 2.58. The van der Waals surface area contributed by atoms with Crippen molar-refractivity contribution in [1.82, 2.24) is 0 Å². The van der Waals surface area contributed by atoms with Gasteiger partial charge in [-0.05, 0) is 40.4 Å². The van der Waals surface area contributed by atoms with Gasteiger partial charge in [0.2, 0.25) is 0 Å². The molecule has 0 aliphatic heterocycles. The van der Waals surface area contributed by atoms with E-state index >= 15 is 0 Å². The second kappa shape index (κ2) is 5.48. The normalized spacial score (nSPS) is 11.0. The largest absolute Gasteiger partial charge is 0.133 e. The maximum atomic E-state index is 5.73. The molecule has 68 valence electrons. The molecule has 0 aliphatic rings. The predicted molar refractivity (Wildman–Crippen MR) is 60.7 cm³/mol. The molecule has 1 rings (SSSR count). The van der Waals surface area contributed by atoms with Crippen LogP contribution in [0, 0.1) is 5.92 Å². The number of thiophene rings is 1. The van der Waals surface area contributed by atoms with Crippen LogP contribution in [0.1, 0.15) is 4.88 Å². The zero-order valence-electron chi connectivity index (χ0n) is 6.40. The standard InChI is InChI=1S/C8H9BrCl2S/c9-8-2-1-7(12-8)3-6(4-10)5-11/h1-2,6H,3-5H2. The Morgan fingerprint density at radius 2 is 2.00 bits per heavy atom. The van der Waals surface area contributed by atoms with Crippen molar-refractivity contribution in [3.8, 4) is 0 Å². The Balaban J connectivity index is 2.50. The van der Waals surface area contributed by atoms with Gasteiger partial charge in [-0.3, -0.25) is 0 Å². The van der Waals surface area contributed by atoms with Crippen molar-refractivity contribution in [3.05, 3.63) is 20.8 Å². The molecule has 1 heterocycles. The fraction of sp³-hybridized carbons (Fsp3) is 0.500. The quantitative estimate of drug-likeness (QED) is 0.730. The summed E-state index contributed by atoms with van der Waals surface area (Å²) in [4.78, 5) is 1.34. The molecule has 0 bridgehead atoms. The summed E-state index contributed by atoms with van der Waals surface area (Å²) in [6.45, 7) is 0. The van der Waals surface area contributed by atoms with Crippen molar-refractivity contribution < 1.29 is 0 Å². The lowest BCUT2D eigenvalue weighted by Gasteiger charge is -2.06. The van der Waals surface area contributed by atoms with Crippen LogP contribution < -0.4 is 0 Å². The van der Waals surface area contributed by atoms with Crippen LogP contribution >= 0.6 is 50.5 Å². The van der Waals surface area contributed by atoms with Crippen LogP contribution in [-0.2, 0) is 6.42 Å². The Labute approximate surface area is 95.0 Å². The third kappa shape index (κ3) is 3.25. The van der Waals surface area contributed by atoms with Crippen molar-refractivity contribution in [2.45, 2.75) is 6.42 Å². The maximum Gasteiger partial charge on any atom is 0.0701 e. The molecular formula is C8H9BrCl2S. The monoisotopic (exact) mass is 286 g/mol. The smallest absolute Gasteiger partial charge is 0.0701 e. The molecule has 0 amide bonds. The first kappa shape index (κ1) is 10.8. The molecule has 0 aromatic carbocycles. The third-order valence-electron chi connectivity index (χ3n) is 1.56. The van der Waals surface area contributed by atoms with Crippen LogP contribution in [0.25, 0.3) is 0 Å². The molecule has 0 nitrogen and oxygen atoms in total. The number of hydrogen-bond acceptors (Lipinski definition) is 1. The van der Waals surface area contributed by atoms with Gasteiger partial charge in [-0.2, -0.15) is 0 Å². The van der Waals surface area contributed by atoms with E-state index in [4.69, 9.17) is 23.2 Å². The molecule has 0 atom stereocenters. The Bertz CT molecular complexity index is 233. The van der Waals surface area contributed by atoms with E-state index in [0.29, 0.717) is 17.7 Å². The SMILES string of the molecule is ClCC(CCl)Cc1ccc(Br)s1. The van der Waals surface area contributed by atoms with Crippen LogP contribution in [0.5, 0.6) is 0 Å². The zero-order valence-corrected chi connectivity index (χ0v) is 10.3. The molecule has 0 saturated heterocycles. The summed E-state index contributed by atoms with van der Waals surface area (Å²) in [5.74, 6) is 1.68. The van der Waals surface area contributed by atoms with Crippen molar-refractivity contribution >= 4 is 50.5 Å². The van der Waals surface area contributed by atoms with Gasteiger partial charge in [0, 0.05) is 16.6 Å². The fourth-order valence-corrected chi connectivity index (χ4v) is 3.04. The molecule has 0 spiro atoms. The van der Waals surface area contributed by atoms with E-state index in [0.717, 1.165) is 6.42 Å². The number of alkyl halides is 2. The molecule has 1 aromatic rings. The van der Waals surface area contributed by atoms with Crippen molar-refractivity contribution in [2.75, 3.05) is 11.8 Å². The molecule has 12 heavy (non-hydrogen) atoms. The predicted octanol–water partition coefficient (Wildman–Crippen LogP) is 4.15. The van der Waals surface area contributed by atoms with Crippen molar-refractivity contribution in [1.29, 1.82) is 0 Å². The van der Waals surface area contributed by atoms with Crippen molar-refractivity contribution in [2.24, 2.45) is 5.92 Å². The minimum Gasteiger partial charge on any atom is -0.133 e. The van der Waals surface area contributed by atoms with Gasteiger partial charge in [0.15, 0.2) is 0 Å². The molecule has 0 aliphatic carbocycles. The van der Waals surface area contributed by atoms with Crippen LogP contribution in [0.3, 0.4) is 0 Å². The first-order chi connectivity index (χ1) is 5.76. The lowest BCUT2D eigenvalue weighted by atomic mass is 10.1. The van der Waals surface area contributed by atoms with E-state index in [9.17, 15) is 0 Å². The van der Waals surface area contributed by atoms with E-state index in [1.54, 1.807) is 11.3 Å². The minimum atomic E-state index is 0.402. The Morgan fingerprint density at radius 1 is 1.33 bits per heavy atom. The average molecular weight is 288 g/mol. The highest BCUT2D eigenvalue weighted by molar-refractivity contribution is 9.11. The summed E-state index contributed by atoms with van der Waals surface area (Å²) in [5, 5.41) is 0. The van der Waals surface area contributed by atoms with E-state index in [1.165, 1.54) is 8.66 Å². The van der Waals surface area contributed by atoms with E-state index in [1.807, 2.05) is 0 Å². The van der Waals surface area contributed by atoms with Gasteiger partial charge in [0.05, 0.1) is 3.79 Å². The molecule has 0 N–H and O–H groups in total. The topological polar surface area (TPSA) is 0 Å². The molecule has 1 aromatic heterocycles. The number of rotatable bonds is 4. The first-order valence-electron chi connectivity index (χ1n) is 3.62. The fourth-order valence-electron chi connectivity index (χ4n) is 0.896. The van der Waals surface area contributed by atoms with Gasteiger partial charge in [0.1, 0.15) is 0 Å². The van der Waals surface area contributed by atoms with Crippen LogP contribution in [0.4, 0.5) is 0 Å². The molecule has 0 fully saturated rings. The van der Waals surface area contributed by atoms with E-state index in [2.05, 4.69) is 28.1 Å². The molecule has 0 unspecified atom stereocenters. The molecule has 0 saturated carbocycles.